The highest BCUT2D eigenvalue weighted by atomic mass is 15.2. The van der Waals surface area contributed by atoms with Gasteiger partial charge in [-0.15, -0.1) is 0 Å². The van der Waals surface area contributed by atoms with Crippen molar-refractivity contribution in [3.8, 4) is 0 Å². The smallest absolute Gasteiger partial charge is 0.191 e. The molecule has 0 saturated heterocycles. The largest absolute Gasteiger partial charge is 0.357 e. The van der Waals surface area contributed by atoms with Crippen LogP contribution < -0.4 is 10.6 Å². The van der Waals surface area contributed by atoms with Gasteiger partial charge in [-0.25, -0.2) is 4.98 Å². The number of fused-ring (bicyclic) bond motifs is 1. The van der Waals surface area contributed by atoms with Crippen molar-refractivity contribution >= 4 is 11.6 Å². The van der Waals surface area contributed by atoms with E-state index >= 15 is 0 Å². The molecule has 0 radical (unpaired) electrons. The molecule has 0 fully saturated rings. The Kier molecular flexibility index (Phi) is 6.25. The minimum Gasteiger partial charge on any atom is -0.357 e. The molecule has 22 heavy (non-hydrogen) atoms. The van der Waals surface area contributed by atoms with E-state index in [4.69, 9.17) is 0 Å². The zero-order valence-corrected chi connectivity index (χ0v) is 13.8. The van der Waals surface area contributed by atoms with Gasteiger partial charge in [0.15, 0.2) is 5.96 Å². The van der Waals surface area contributed by atoms with Crippen LogP contribution in [0.2, 0.25) is 0 Å². The van der Waals surface area contributed by atoms with Crippen LogP contribution in [0.5, 0.6) is 0 Å². The van der Waals surface area contributed by atoms with Crippen molar-refractivity contribution in [2.75, 3.05) is 19.6 Å². The Balaban J connectivity index is 1.84. The van der Waals surface area contributed by atoms with E-state index in [0.29, 0.717) is 5.92 Å². The van der Waals surface area contributed by atoms with E-state index in [1.807, 2.05) is 24.4 Å². The second-order valence-electron chi connectivity index (χ2n) is 5.82. The molecule has 2 aromatic rings. The minimum atomic E-state index is 0.685. The van der Waals surface area contributed by atoms with Gasteiger partial charge < -0.3 is 15.0 Å². The molecule has 2 rings (SSSR count). The van der Waals surface area contributed by atoms with E-state index in [0.717, 1.165) is 49.8 Å². The molecule has 0 amide bonds. The van der Waals surface area contributed by atoms with Crippen LogP contribution in [-0.4, -0.2) is 35.0 Å². The Morgan fingerprint density at radius 1 is 1.32 bits per heavy atom. The van der Waals surface area contributed by atoms with Crippen LogP contribution in [0.3, 0.4) is 0 Å². The molecule has 0 aliphatic heterocycles. The molecule has 5 heteroatoms. The maximum absolute atomic E-state index is 4.60. The molecule has 0 saturated carbocycles. The van der Waals surface area contributed by atoms with Crippen LogP contribution in [0.15, 0.2) is 35.6 Å². The van der Waals surface area contributed by atoms with Crippen molar-refractivity contribution in [2.24, 2.45) is 10.9 Å². The van der Waals surface area contributed by atoms with Gasteiger partial charge in [0.25, 0.3) is 0 Å². The molecule has 0 atom stereocenters. The number of hydrogen-bond donors (Lipinski definition) is 2. The molecule has 120 valence electrons. The lowest BCUT2D eigenvalue weighted by atomic mass is 10.1. The van der Waals surface area contributed by atoms with Gasteiger partial charge in [-0.3, -0.25) is 4.99 Å². The van der Waals surface area contributed by atoms with Crippen LogP contribution in [-0.2, 0) is 6.42 Å². The number of pyridine rings is 1. The van der Waals surface area contributed by atoms with Crippen molar-refractivity contribution in [2.45, 2.75) is 33.6 Å². The molecule has 2 heterocycles. The second kappa shape index (κ2) is 8.41. The molecule has 0 unspecified atom stereocenters. The van der Waals surface area contributed by atoms with Crippen molar-refractivity contribution in [1.29, 1.82) is 0 Å². The number of hydrogen-bond acceptors (Lipinski definition) is 2. The fraction of sp³-hybridized carbons (Fsp3) is 0.529. The zero-order valence-electron chi connectivity index (χ0n) is 13.8. The average molecular weight is 301 g/mol. The lowest BCUT2D eigenvalue weighted by molar-refractivity contribution is 0.594. The predicted octanol–water partition coefficient (Wildman–Crippen LogP) is 2.48. The van der Waals surface area contributed by atoms with Gasteiger partial charge in [0, 0.05) is 38.4 Å². The lowest BCUT2D eigenvalue weighted by Gasteiger charge is -2.11. The van der Waals surface area contributed by atoms with Crippen LogP contribution in [0.25, 0.3) is 5.65 Å². The molecule has 0 aliphatic carbocycles. The summed E-state index contributed by atoms with van der Waals surface area (Å²) in [6, 6.07) is 6.05. The summed E-state index contributed by atoms with van der Waals surface area (Å²) in [6.45, 7) is 9.10. The highest BCUT2D eigenvalue weighted by molar-refractivity contribution is 5.79. The summed E-state index contributed by atoms with van der Waals surface area (Å²) in [5.74, 6) is 1.58. The third-order valence-corrected chi connectivity index (χ3v) is 3.41. The lowest BCUT2D eigenvalue weighted by Crippen LogP contribution is -2.38. The van der Waals surface area contributed by atoms with Gasteiger partial charge in [-0.05, 0) is 31.4 Å². The van der Waals surface area contributed by atoms with E-state index < -0.39 is 0 Å². The Hall–Kier alpha value is -2.04. The molecule has 0 aliphatic rings. The van der Waals surface area contributed by atoms with Gasteiger partial charge in [0.2, 0.25) is 0 Å². The molecule has 0 aromatic carbocycles. The van der Waals surface area contributed by atoms with Gasteiger partial charge >= 0.3 is 0 Å². The van der Waals surface area contributed by atoms with E-state index in [2.05, 4.69) is 52.0 Å². The number of rotatable bonds is 7. The fourth-order valence-electron chi connectivity index (χ4n) is 2.19. The van der Waals surface area contributed by atoms with Crippen LogP contribution in [0, 0.1) is 5.92 Å². The number of nitrogens with one attached hydrogen (secondary N) is 2. The average Bonchev–Trinajstić information content (AvgIpc) is 2.89. The number of nitrogens with zero attached hydrogens (tertiary/aromatic N) is 3. The first kappa shape index (κ1) is 16.3. The summed E-state index contributed by atoms with van der Waals surface area (Å²) in [4.78, 5) is 9.20. The molecular formula is C17H27N5. The van der Waals surface area contributed by atoms with E-state index in [-0.39, 0.29) is 0 Å². The van der Waals surface area contributed by atoms with Crippen molar-refractivity contribution in [3.63, 3.8) is 0 Å². The van der Waals surface area contributed by atoms with Crippen LogP contribution >= 0.6 is 0 Å². The quantitative estimate of drug-likeness (QED) is 0.610. The van der Waals surface area contributed by atoms with E-state index in [1.54, 1.807) is 0 Å². The van der Waals surface area contributed by atoms with E-state index in [1.165, 1.54) is 0 Å². The second-order valence-corrected chi connectivity index (χ2v) is 5.82. The third-order valence-electron chi connectivity index (χ3n) is 3.41. The Morgan fingerprint density at radius 3 is 2.91 bits per heavy atom. The maximum atomic E-state index is 4.60. The Morgan fingerprint density at radius 2 is 2.18 bits per heavy atom. The number of aliphatic imine (C=N–C) groups is 1. The maximum Gasteiger partial charge on any atom is 0.191 e. The highest BCUT2D eigenvalue weighted by Crippen LogP contribution is 2.04. The Bertz CT molecular complexity index is 567. The topological polar surface area (TPSA) is 53.7 Å². The molecule has 5 nitrogen and oxygen atoms in total. The molecule has 0 bridgehead atoms. The molecule has 2 N–H and O–H groups in total. The van der Waals surface area contributed by atoms with Gasteiger partial charge in [0.1, 0.15) is 5.65 Å². The van der Waals surface area contributed by atoms with Crippen molar-refractivity contribution in [3.05, 3.63) is 36.3 Å². The SMILES string of the molecule is CCNC(=NCCC(C)C)NCCc1cn2ccccc2n1. The van der Waals surface area contributed by atoms with Crippen LogP contribution in [0.1, 0.15) is 32.9 Å². The normalized spacial score (nSPS) is 12.1. The standard InChI is InChI=1S/C17H27N5/c1-4-18-17(19-10-8-14(2)3)20-11-9-15-13-22-12-6-5-7-16(22)21-15/h5-7,12-14H,4,8-11H2,1-3H3,(H2,18,19,20). The van der Waals surface area contributed by atoms with Gasteiger partial charge in [-0.1, -0.05) is 19.9 Å². The first-order chi connectivity index (χ1) is 10.7. The first-order valence-corrected chi connectivity index (χ1v) is 8.14. The first-order valence-electron chi connectivity index (χ1n) is 8.14. The van der Waals surface area contributed by atoms with Crippen LogP contribution in [0.4, 0.5) is 0 Å². The summed E-state index contributed by atoms with van der Waals surface area (Å²) in [7, 11) is 0. The fourth-order valence-corrected chi connectivity index (χ4v) is 2.19. The summed E-state index contributed by atoms with van der Waals surface area (Å²) < 4.78 is 2.05. The number of aromatic nitrogens is 2. The van der Waals surface area contributed by atoms with Crippen molar-refractivity contribution < 1.29 is 0 Å². The zero-order chi connectivity index (χ0) is 15.8. The number of imidazole rings is 1. The minimum absolute atomic E-state index is 0.685. The molecule has 2 aromatic heterocycles. The van der Waals surface area contributed by atoms with Gasteiger partial charge in [-0.2, -0.15) is 0 Å². The highest BCUT2D eigenvalue weighted by Gasteiger charge is 2.02. The van der Waals surface area contributed by atoms with E-state index in [9.17, 15) is 0 Å². The monoisotopic (exact) mass is 301 g/mol. The predicted molar refractivity (Wildman–Crippen MR) is 92.3 cm³/mol. The number of guanidine groups is 1. The Labute approximate surface area is 132 Å². The summed E-state index contributed by atoms with van der Waals surface area (Å²) in [5.41, 5.74) is 2.09. The molecule has 0 spiro atoms. The summed E-state index contributed by atoms with van der Waals surface area (Å²) >= 11 is 0. The third kappa shape index (κ3) is 5.06. The van der Waals surface area contributed by atoms with Crippen molar-refractivity contribution in [1.82, 2.24) is 20.0 Å². The summed E-state index contributed by atoms with van der Waals surface area (Å²) in [6.07, 6.45) is 6.11. The van der Waals surface area contributed by atoms with Gasteiger partial charge in [0.05, 0.1) is 5.69 Å². The molecular weight excluding hydrogens is 274 g/mol. The summed E-state index contributed by atoms with van der Waals surface area (Å²) in [5, 5.41) is 6.66.